The maximum atomic E-state index is 11.8. The lowest BCUT2D eigenvalue weighted by molar-refractivity contribution is -0.142. The molecule has 2 atom stereocenters. The van der Waals surface area contributed by atoms with E-state index in [1.807, 2.05) is 0 Å². The van der Waals surface area contributed by atoms with Crippen molar-refractivity contribution in [3.63, 3.8) is 0 Å². The van der Waals surface area contributed by atoms with Crippen molar-refractivity contribution in [3.8, 4) is 0 Å². The molecule has 0 spiro atoms. The van der Waals surface area contributed by atoms with Crippen molar-refractivity contribution in [3.05, 3.63) is 12.7 Å². The van der Waals surface area contributed by atoms with Gasteiger partial charge in [-0.05, 0) is 12.3 Å². The van der Waals surface area contributed by atoms with Crippen molar-refractivity contribution >= 4 is 16.0 Å². The Morgan fingerprint density at radius 2 is 2.19 bits per heavy atom. The van der Waals surface area contributed by atoms with Gasteiger partial charge in [-0.2, -0.15) is 0 Å². The molecule has 0 aliphatic carbocycles. The minimum Gasteiger partial charge on any atom is -0.481 e. The first-order valence-corrected chi connectivity index (χ1v) is 6.81. The number of nitrogens with zero attached hydrogens (tertiary/aromatic N) is 1. The smallest absolute Gasteiger partial charge is 0.308 e. The van der Waals surface area contributed by atoms with Crippen LogP contribution in [0.5, 0.6) is 0 Å². The molecule has 0 aromatic carbocycles. The van der Waals surface area contributed by atoms with Gasteiger partial charge in [0.25, 0.3) is 0 Å². The number of hydrogen-bond donors (Lipinski definition) is 1. The molecule has 1 N–H and O–H groups in total. The Morgan fingerprint density at radius 1 is 1.56 bits per heavy atom. The molecule has 0 saturated carbocycles. The first-order valence-electron chi connectivity index (χ1n) is 5.20. The summed E-state index contributed by atoms with van der Waals surface area (Å²) < 4.78 is 24.9. The zero-order valence-corrected chi connectivity index (χ0v) is 10.1. The molecule has 0 aromatic heterocycles. The molecular weight excluding hydrogens is 230 g/mol. The molecule has 16 heavy (non-hydrogen) atoms. The lowest BCUT2D eigenvalue weighted by atomic mass is 9.99. The fourth-order valence-electron chi connectivity index (χ4n) is 1.83. The third-order valence-corrected chi connectivity index (χ3v) is 4.71. The van der Waals surface area contributed by atoms with Gasteiger partial charge < -0.3 is 5.11 Å². The van der Waals surface area contributed by atoms with Gasteiger partial charge in [-0.15, -0.1) is 6.58 Å². The molecule has 1 aliphatic heterocycles. The van der Waals surface area contributed by atoms with Crippen LogP contribution >= 0.6 is 0 Å². The number of aliphatic carboxylic acids is 1. The summed E-state index contributed by atoms with van der Waals surface area (Å²) in [5.74, 6) is -1.63. The van der Waals surface area contributed by atoms with Crippen molar-refractivity contribution < 1.29 is 18.3 Å². The predicted octanol–water partition coefficient (Wildman–Crippen LogP) is 0.545. The first-order chi connectivity index (χ1) is 7.38. The summed E-state index contributed by atoms with van der Waals surface area (Å²) in [6.45, 7) is 5.63. The van der Waals surface area contributed by atoms with Crippen LogP contribution in [-0.2, 0) is 14.8 Å². The van der Waals surface area contributed by atoms with Crippen LogP contribution in [0, 0.1) is 11.8 Å². The number of rotatable bonds is 5. The van der Waals surface area contributed by atoms with Crippen LogP contribution in [0.25, 0.3) is 0 Å². The van der Waals surface area contributed by atoms with E-state index in [4.69, 9.17) is 5.11 Å². The molecule has 5 nitrogen and oxygen atoms in total. The largest absolute Gasteiger partial charge is 0.481 e. The van der Waals surface area contributed by atoms with Gasteiger partial charge in [0.05, 0.1) is 11.7 Å². The van der Waals surface area contributed by atoms with E-state index in [9.17, 15) is 13.2 Å². The zero-order chi connectivity index (χ0) is 12.3. The van der Waals surface area contributed by atoms with E-state index in [1.54, 1.807) is 13.0 Å². The molecule has 1 heterocycles. The number of carboxylic acid groups (broad SMARTS) is 1. The maximum Gasteiger partial charge on any atom is 0.308 e. The Bertz CT molecular complexity index is 376. The fourth-order valence-corrected chi connectivity index (χ4v) is 3.41. The fraction of sp³-hybridized carbons (Fsp3) is 0.700. The van der Waals surface area contributed by atoms with Gasteiger partial charge in [-0.1, -0.05) is 13.0 Å². The van der Waals surface area contributed by atoms with Crippen LogP contribution in [0.15, 0.2) is 12.7 Å². The Labute approximate surface area is 95.8 Å². The average Bonchev–Trinajstić information content (AvgIpc) is 2.58. The van der Waals surface area contributed by atoms with Gasteiger partial charge >= 0.3 is 5.97 Å². The number of carbonyl (C=O) groups is 1. The highest BCUT2D eigenvalue weighted by Gasteiger charge is 2.39. The number of allylic oxidation sites excluding steroid dienone is 1. The van der Waals surface area contributed by atoms with Gasteiger partial charge in [-0.3, -0.25) is 4.79 Å². The second-order valence-electron chi connectivity index (χ2n) is 4.13. The average molecular weight is 247 g/mol. The summed E-state index contributed by atoms with van der Waals surface area (Å²) in [7, 11) is -3.32. The van der Waals surface area contributed by atoms with Crippen LogP contribution in [0.2, 0.25) is 0 Å². The number of hydrogen-bond acceptors (Lipinski definition) is 3. The minimum absolute atomic E-state index is 0.00948. The summed E-state index contributed by atoms with van der Waals surface area (Å²) in [5.41, 5.74) is 0. The molecule has 1 aliphatic rings. The topological polar surface area (TPSA) is 74.7 Å². The van der Waals surface area contributed by atoms with Crippen molar-refractivity contribution in [1.29, 1.82) is 0 Å². The zero-order valence-electron chi connectivity index (χ0n) is 9.30. The highest BCUT2D eigenvalue weighted by Crippen LogP contribution is 2.25. The lowest BCUT2D eigenvalue weighted by Gasteiger charge is -2.15. The first kappa shape index (κ1) is 13.2. The van der Waals surface area contributed by atoms with Gasteiger partial charge in [0.2, 0.25) is 10.0 Å². The van der Waals surface area contributed by atoms with Gasteiger partial charge in [0.1, 0.15) is 0 Å². The minimum atomic E-state index is -3.32. The molecule has 1 saturated heterocycles. The Balaban J connectivity index is 2.71. The van der Waals surface area contributed by atoms with E-state index in [0.29, 0.717) is 13.0 Å². The van der Waals surface area contributed by atoms with E-state index in [2.05, 4.69) is 6.58 Å². The molecule has 6 heteroatoms. The monoisotopic (exact) mass is 247 g/mol. The summed E-state index contributed by atoms with van der Waals surface area (Å²) in [6, 6.07) is 0. The Hall–Kier alpha value is -0.880. The van der Waals surface area contributed by atoms with Crippen LogP contribution in [0.1, 0.15) is 13.3 Å². The van der Waals surface area contributed by atoms with Crippen LogP contribution in [-0.4, -0.2) is 42.6 Å². The second-order valence-corrected chi connectivity index (χ2v) is 6.22. The summed E-state index contributed by atoms with van der Waals surface area (Å²) in [4.78, 5) is 10.9. The lowest BCUT2D eigenvalue weighted by Crippen LogP contribution is -2.31. The number of sulfonamides is 1. The van der Waals surface area contributed by atoms with Crippen LogP contribution < -0.4 is 0 Å². The summed E-state index contributed by atoms with van der Waals surface area (Å²) >= 11 is 0. The molecule has 0 unspecified atom stereocenters. The standard InChI is InChI=1S/C10H17NO4S/c1-3-4-5-16(14,15)11-6-8(2)9(7-11)10(12)13/h3,8-9H,1,4-7H2,2H3,(H,12,13)/t8-,9-/m1/s1. The molecule has 92 valence electrons. The van der Waals surface area contributed by atoms with Crippen LogP contribution in [0.3, 0.4) is 0 Å². The molecule has 1 rings (SSSR count). The van der Waals surface area contributed by atoms with E-state index in [1.165, 1.54) is 4.31 Å². The number of carboxylic acids is 1. The molecule has 0 radical (unpaired) electrons. The SMILES string of the molecule is C=CCCS(=O)(=O)N1C[C@@H](C)[C@H](C(=O)O)C1. The van der Waals surface area contributed by atoms with Gasteiger partial charge in [0, 0.05) is 13.1 Å². The third-order valence-electron chi connectivity index (χ3n) is 2.87. The quantitative estimate of drug-likeness (QED) is 0.720. The van der Waals surface area contributed by atoms with Crippen molar-refractivity contribution in [2.24, 2.45) is 11.8 Å². The van der Waals surface area contributed by atoms with Gasteiger partial charge in [-0.25, -0.2) is 12.7 Å². The van der Waals surface area contributed by atoms with E-state index >= 15 is 0 Å². The van der Waals surface area contributed by atoms with Crippen molar-refractivity contribution in [1.82, 2.24) is 4.31 Å². The van der Waals surface area contributed by atoms with Gasteiger partial charge in [0.15, 0.2) is 0 Å². The second kappa shape index (κ2) is 4.97. The summed E-state index contributed by atoms with van der Waals surface area (Å²) in [6.07, 6.45) is 1.94. The highest BCUT2D eigenvalue weighted by molar-refractivity contribution is 7.89. The predicted molar refractivity (Wildman–Crippen MR) is 60.5 cm³/mol. The van der Waals surface area contributed by atoms with Crippen molar-refractivity contribution in [2.75, 3.05) is 18.8 Å². The molecule has 1 fully saturated rings. The Morgan fingerprint density at radius 3 is 2.62 bits per heavy atom. The van der Waals surface area contributed by atoms with E-state index in [-0.39, 0.29) is 18.2 Å². The Kier molecular flexibility index (Phi) is 4.09. The summed E-state index contributed by atoms with van der Waals surface area (Å²) in [5, 5.41) is 8.91. The van der Waals surface area contributed by atoms with E-state index < -0.39 is 21.9 Å². The molecular formula is C10H17NO4S. The molecule has 0 bridgehead atoms. The molecule has 0 aromatic rings. The van der Waals surface area contributed by atoms with Crippen molar-refractivity contribution in [2.45, 2.75) is 13.3 Å². The highest BCUT2D eigenvalue weighted by atomic mass is 32.2. The molecule has 0 amide bonds. The third kappa shape index (κ3) is 2.82. The van der Waals surface area contributed by atoms with Crippen LogP contribution in [0.4, 0.5) is 0 Å². The maximum absolute atomic E-state index is 11.8. The van der Waals surface area contributed by atoms with E-state index in [0.717, 1.165) is 0 Å². The normalized spacial score (nSPS) is 26.8.